The maximum absolute atomic E-state index is 13.6. The number of allylic oxidation sites excluding steroid dienone is 2. The monoisotopic (exact) mass is 367 g/mol. The Balaban J connectivity index is 1.60. The third-order valence-electron chi connectivity index (χ3n) is 4.95. The fourth-order valence-corrected chi connectivity index (χ4v) is 3.47. The van der Waals surface area contributed by atoms with Crippen LogP contribution in [-0.4, -0.2) is 4.98 Å². The van der Waals surface area contributed by atoms with E-state index in [9.17, 15) is 4.39 Å². The van der Waals surface area contributed by atoms with Crippen molar-refractivity contribution in [1.82, 2.24) is 4.98 Å². The van der Waals surface area contributed by atoms with Gasteiger partial charge in [-0.3, -0.25) is 4.98 Å². The van der Waals surface area contributed by atoms with Crippen LogP contribution in [0.4, 0.5) is 4.39 Å². The number of nitrogens with zero attached hydrogens (tertiary/aromatic N) is 1. The van der Waals surface area contributed by atoms with Crippen LogP contribution in [0.5, 0.6) is 0 Å². The van der Waals surface area contributed by atoms with E-state index >= 15 is 0 Å². The Morgan fingerprint density at radius 3 is 2.65 bits per heavy atom. The summed E-state index contributed by atoms with van der Waals surface area (Å²) in [7, 11) is 0. The molecule has 0 spiro atoms. The molecule has 1 aromatic heterocycles. The maximum Gasteiger partial charge on any atom is 0.142 e. The first kappa shape index (κ1) is 18.7. The van der Waals surface area contributed by atoms with Crippen LogP contribution in [0.3, 0.4) is 0 Å². The van der Waals surface area contributed by atoms with E-state index in [0.29, 0.717) is 11.5 Å². The van der Waals surface area contributed by atoms with E-state index < -0.39 is 5.82 Å². The van der Waals surface area contributed by atoms with E-state index in [1.807, 2.05) is 12.1 Å². The Morgan fingerprint density at radius 1 is 1.19 bits per heavy atom. The average Bonchev–Trinajstić information content (AvgIpc) is 2.68. The number of halogens is 2. The molecule has 1 aromatic carbocycles. The third-order valence-corrected chi connectivity index (χ3v) is 5.26. The zero-order valence-corrected chi connectivity index (χ0v) is 15.8. The van der Waals surface area contributed by atoms with Gasteiger partial charge in [-0.2, -0.15) is 0 Å². The SMILES string of the molecule is C/C=C/CC1CCC(C#Cc2ccc(-c3ccc(Cl)c(F)c3)nc2)CC1. The summed E-state index contributed by atoms with van der Waals surface area (Å²) in [5.74, 6) is 7.54. The van der Waals surface area contributed by atoms with Crippen molar-refractivity contribution in [2.75, 3.05) is 0 Å². The average molecular weight is 368 g/mol. The quantitative estimate of drug-likeness (QED) is 0.436. The Kier molecular flexibility index (Phi) is 6.47. The number of aromatic nitrogens is 1. The van der Waals surface area contributed by atoms with Crippen molar-refractivity contribution in [2.24, 2.45) is 11.8 Å². The molecule has 0 radical (unpaired) electrons. The molecular weight excluding hydrogens is 345 g/mol. The highest BCUT2D eigenvalue weighted by atomic mass is 35.5. The highest BCUT2D eigenvalue weighted by Crippen LogP contribution is 2.30. The third kappa shape index (κ3) is 4.96. The molecule has 0 atom stereocenters. The van der Waals surface area contributed by atoms with Crippen LogP contribution in [0, 0.1) is 29.5 Å². The van der Waals surface area contributed by atoms with Gasteiger partial charge >= 0.3 is 0 Å². The van der Waals surface area contributed by atoms with Crippen molar-refractivity contribution >= 4 is 11.6 Å². The summed E-state index contributed by atoms with van der Waals surface area (Å²) in [6.45, 7) is 2.08. The number of hydrogen-bond acceptors (Lipinski definition) is 1. The number of hydrogen-bond donors (Lipinski definition) is 0. The van der Waals surface area contributed by atoms with Gasteiger partial charge in [0.15, 0.2) is 0 Å². The van der Waals surface area contributed by atoms with Crippen LogP contribution in [-0.2, 0) is 0 Å². The highest BCUT2D eigenvalue weighted by Gasteiger charge is 2.18. The molecule has 2 aromatic rings. The van der Waals surface area contributed by atoms with Gasteiger partial charge in [-0.1, -0.05) is 41.7 Å². The van der Waals surface area contributed by atoms with Crippen LogP contribution in [0.25, 0.3) is 11.3 Å². The van der Waals surface area contributed by atoms with Crippen LogP contribution in [0.15, 0.2) is 48.7 Å². The lowest BCUT2D eigenvalue weighted by Crippen LogP contribution is -2.12. The molecule has 1 heterocycles. The zero-order valence-electron chi connectivity index (χ0n) is 15.0. The second kappa shape index (κ2) is 9.01. The molecule has 0 unspecified atom stereocenters. The lowest BCUT2D eigenvalue weighted by atomic mass is 9.81. The Hall–Kier alpha value is -2.11. The van der Waals surface area contributed by atoms with Crippen LogP contribution in [0.1, 0.15) is 44.6 Å². The molecule has 0 aliphatic heterocycles. The summed E-state index contributed by atoms with van der Waals surface area (Å²) < 4.78 is 13.6. The van der Waals surface area contributed by atoms with Gasteiger partial charge in [-0.05, 0) is 69.2 Å². The number of pyridine rings is 1. The maximum atomic E-state index is 13.6. The van der Waals surface area contributed by atoms with Crippen molar-refractivity contribution in [2.45, 2.75) is 39.0 Å². The van der Waals surface area contributed by atoms with Gasteiger partial charge in [0.25, 0.3) is 0 Å². The first-order valence-electron chi connectivity index (χ1n) is 9.20. The van der Waals surface area contributed by atoms with Crippen LogP contribution in [0.2, 0.25) is 5.02 Å². The topological polar surface area (TPSA) is 12.9 Å². The van der Waals surface area contributed by atoms with E-state index in [-0.39, 0.29) is 5.02 Å². The van der Waals surface area contributed by atoms with E-state index in [2.05, 4.69) is 35.9 Å². The molecule has 26 heavy (non-hydrogen) atoms. The smallest absolute Gasteiger partial charge is 0.142 e. The largest absolute Gasteiger partial charge is 0.255 e. The molecule has 1 saturated carbocycles. The fraction of sp³-hybridized carbons (Fsp3) is 0.348. The minimum atomic E-state index is -0.431. The molecule has 3 heteroatoms. The normalized spacial score (nSPS) is 20.0. The first-order valence-corrected chi connectivity index (χ1v) is 9.57. The van der Waals surface area contributed by atoms with Gasteiger partial charge in [-0.15, -0.1) is 0 Å². The second-order valence-electron chi connectivity index (χ2n) is 6.85. The summed E-state index contributed by atoms with van der Waals surface area (Å²) in [6.07, 6.45) is 12.3. The zero-order chi connectivity index (χ0) is 18.4. The van der Waals surface area contributed by atoms with Crippen LogP contribution < -0.4 is 0 Å². The van der Waals surface area contributed by atoms with Gasteiger partial charge < -0.3 is 0 Å². The summed E-state index contributed by atoms with van der Waals surface area (Å²) in [5.41, 5.74) is 2.33. The molecule has 1 nitrogen and oxygen atoms in total. The van der Waals surface area contributed by atoms with Crippen LogP contribution >= 0.6 is 11.6 Å². The predicted molar refractivity (Wildman–Crippen MR) is 106 cm³/mol. The van der Waals surface area contributed by atoms with Crippen molar-refractivity contribution in [1.29, 1.82) is 0 Å². The number of benzene rings is 1. The van der Waals surface area contributed by atoms with Crippen molar-refractivity contribution < 1.29 is 4.39 Å². The lowest BCUT2D eigenvalue weighted by Gasteiger charge is -2.24. The Morgan fingerprint density at radius 2 is 2.00 bits per heavy atom. The molecule has 0 bridgehead atoms. The molecular formula is C23H23ClFN. The van der Waals surface area contributed by atoms with E-state index in [0.717, 1.165) is 17.2 Å². The molecule has 134 valence electrons. The van der Waals surface area contributed by atoms with E-state index in [1.165, 1.54) is 38.2 Å². The first-order chi connectivity index (χ1) is 12.7. The van der Waals surface area contributed by atoms with E-state index in [1.54, 1.807) is 18.3 Å². The standard InChI is InChI=1S/C23H23ClFN/c1-2-3-4-17-5-7-18(8-6-17)9-10-19-11-14-23(26-16-19)20-12-13-21(24)22(25)15-20/h2-3,11-18H,4-8H2,1H3/b3-2+. The summed E-state index contributed by atoms with van der Waals surface area (Å²) in [4.78, 5) is 4.41. The Labute approximate surface area is 160 Å². The van der Waals surface area contributed by atoms with Gasteiger partial charge in [0.05, 0.1) is 10.7 Å². The number of rotatable bonds is 3. The molecule has 1 fully saturated rings. The van der Waals surface area contributed by atoms with Gasteiger partial charge in [-0.25, -0.2) is 4.39 Å². The molecule has 0 amide bonds. The lowest BCUT2D eigenvalue weighted by molar-refractivity contribution is 0.319. The fourth-order valence-electron chi connectivity index (χ4n) is 3.35. The van der Waals surface area contributed by atoms with Gasteiger partial charge in [0.2, 0.25) is 0 Å². The molecule has 3 rings (SSSR count). The summed E-state index contributed by atoms with van der Waals surface area (Å²) in [6, 6.07) is 8.54. The van der Waals surface area contributed by atoms with E-state index in [4.69, 9.17) is 11.6 Å². The molecule has 1 aliphatic rings. The summed E-state index contributed by atoms with van der Waals surface area (Å²) in [5, 5.41) is 0.122. The van der Waals surface area contributed by atoms with Crippen molar-refractivity contribution in [3.8, 4) is 23.1 Å². The van der Waals surface area contributed by atoms with Gasteiger partial charge in [0, 0.05) is 23.2 Å². The van der Waals surface area contributed by atoms with Crippen molar-refractivity contribution in [3.63, 3.8) is 0 Å². The molecule has 0 saturated heterocycles. The minimum absolute atomic E-state index is 0.122. The summed E-state index contributed by atoms with van der Waals surface area (Å²) >= 11 is 5.73. The highest BCUT2D eigenvalue weighted by molar-refractivity contribution is 6.30. The van der Waals surface area contributed by atoms with Crippen molar-refractivity contribution in [3.05, 3.63) is 65.1 Å². The Bertz CT molecular complexity index is 822. The molecule has 1 aliphatic carbocycles. The second-order valence-corrected chi connectivity index (χ2v) is 7.26. The molecule has 0 N–H and O–H groups in total. The van der Waals surface area contributed by atoms with Gasteiger partial charge in [0.1, 0.15) is 5.82 Å². The predicted octanol–water partition coefficient (Wildman–Crippen LogP) is 6.67. The minimum Gasteiger partial charge on any atom is -0.255 e.